The zero-order chi connectivity index (χ0) is 18.9. The van der Waals surface area contributed by atoms with Crippen molar-refractivity contribution < 1.29 is 19.0 Å². The molecule has 138 valence electrons. The minimum Gasteiger partial charge on any atom is -0.466 e. The first-order chi connectivity index (χ1) is 13.3. The predicted octanol–water partition coefficient (Wildman–Crippen LogP) is 4.83. The Morgan fingerprint density at radius 1 is 0.815 bits per heavy atom. The van der Waals surface area contributed by atoms with Crippen molar-refractivity contribution in [3.05, 3.63) is 78.4 Å². The van der Waals surface area contributed by atoms with Crippen molar-refractivity contribution >= 4 is 6.29 Å². The molecule has 0 aliphatic heterocycles. The van der Waals surface area contributed by atoms with Crippen LogP contribution in [0.3, 0.4) is 0 Å². The lowest BCUT2D eigenvalue weighted by molar-refractivity contribution is -0.00797. The van der Waals surface area contributed by atoms with Gasteiger partial charge >= 0.3 is 0 Å². The average Bonchev–Trinajstić information content (AvgIpc) is 2.74. The Morgan fingerprint density at radius 2 is 1.37 bits per heavy atom. The summed E-state index contributed by atoms with van der Waals surface area (Å²) in [5, 5.41) is 0. The fourth-order valence-corrected chi connectivity index (χ4v) is 2.84. The molecule has 0 heterocycles. The highest BCUT2D eigenvalue weighted by atomic mass is 16.7. The van der Waals surface area contributed by atoms with Crippen molar-refractivity contribution in [1.29, 1.82) is 0 Å². The third-order valence-corrected chi connectivity index (χ3v) is 4.14. The molecular weight excluding hydrogens is 340 g/mol. The SMILES string of the molecule is COCCOCOc1c(-c2ccccc2)cc(C=O)cc1-c1ccccc1. The van der Waals surface area contributed by atoms with E-state index in [0.29, 0.717) is 24.5 Å². The molecule has 0 fully saturated rings. The van der Waals surface area contributed by atoms with Crippen molar-refractivity contribution in [2.75, 3.05) is 27.1 Å². The van der Waals surface area contributed by atoms with Gasteiger partial charge in [0.15, 0.2) is 6.79 Å². The molecule has 0 spiro atoms. The summed E-state index contributed by atoms with van der Waals surface area (Å²) in [6, 6.07) is 23.4. The van der Waals surface area contributed by atoms with Gasteiger partial charge in [-0.05, 0) is 23.3 Å². The maximum atomic E-state index is 11.5. The number of hydrogen-bond acceptors (Lipinski definition) is 4. The maximum absolute atomic E-state index is 11.5. The van der Waals surface area contributed by atoms with Gasteiger partial charge in [0.25, 0.3) is 0 Å². The normalized spacial score (nSPS) is 10.6. The number of methoxy groups -OCH3 is 1. The van der Waals surface area contributed by atoms with Crippen molar-refractivity contribution in [2.24, 2.45) is 0 Å². The Kier molecular flexibility index (Phi) is 6.74. The van der Waals surface area contributed by atoms with Crippen LogP contribution in [0.2, 0.25) is 0 Å². The van der Waals surface area contributed by atoms with E-state index in [2.05, 4.69) is 0 Å². The molecule has 0 saturated heterocycles. The Morgan fingerprint density at radius 3 is 1.85 bits per heavy atom. The second-order valence-corrected chi connectivity index (χ2v) is 5.96. The molecule has 0 aliphatic carbocycles. The van der Waals surface area contributed by atoms with Crippen LogP contribution in [0.1, 0.15) is 10.4 Å². The van der Waals surface area contributed by atoms with Crippen LogP contribution in [-0.2, 0) is 9.47 Å². The fraction of sp³-hybridized carbons (Fsp3) is 0.174. The molecular formula is C23H22O4. The molecule has 3 rings (SSSR count). The van der Waals surface area contributed by atoms with Crippen LogP contribution < -0.4 is 4.74 Å². The second-order valence-electron chi connectivity index (χ2n) is 5.96. The Labute approximate surface area is 159 Å². The van der Waals surface area contributed by atoms with E-state index in [-0.39, 0.29) is 6.79 Å². The summed E-state index contributed by atoms with van der Waals surface area (Å²) in [7, 11) is 1.63. The largest absolute Gasteiger partial charge is 0.466 e. The molecule has 0 bridgehead atoms. The summed E-state index contributed by atoms with van der Waals surface area (Å²) in [5.41, 5.74) is 4.26. The van der Waals surface area contributed by atoms with Gasteiger partial charge in [-0.25, -0.2) is 0 Å². The Bertz CT molecular complexity index is 800. The van der Waals surface area contributed by atoms with Crippen molar-refractivity contribution in [3.63, 3.8) is 0 Å². The number of aldehydes is 1. The summed E-state index contributed by atoms with van der Waals surface area (Å²) in [6.45, 7) is 1.05. The molecule has 3 aromatic rings. The van der Waals surface area contributed by atoms with E-state index in [9.17, 15) is 4.79 Å². The van der Waals surface area contributed by atoms with Crippen LogP contribution in [0.15, 0.2) is 72.8 Å². The van der Waals surface area contributed by atoms with Crippen molar-refractivity contribution in [1.82, 2.24) is 0 Å². The summed E-state index contributed by atoms with van der Waals surface area (Å²) in [4.78, 5) is 11.5. The first kappa shape index (κ1) is 18.8. The van der Waals surface area contributed by atoms with Gasteiger partial charge in [0.1, 0.15) is 12.0 Å². The molecule has 0 aromatic heterocycles. The fourth-order valence-electron chi connectivity index (χ4n) is 2.84. The average molecular weight is 362 g/mol. The lowest BCUT2D eigenvalue weighted by Gasteiger charge is -2.17. The van der Waals surface area contributed by atoms with Crippen LogP contribution >= 0.6 is 0 Å². The lowest BCUT2D eigenvalue weighted by atomic mass is 9.95. The third-order valence-electron chi connectivity index (χ3n) is 4.14. The molecule has 4 heteroatoms. The number of rotatable bonds is 9. The molecule has 0 radical (unpaired) electrons. The number of ether oxygens (including phenoxy) is 3. The van der Waals surface area contributed by atoms with Gasteiger partial charge in [-0.2, -0.15) is 0 Å². The van der Waals surface area contributed by atoms with Gasteiger partial charge in [-0.15, -0.1) is 0 Å². The molecule has 27 heavy (non-hydrogen) atoms. The minimum atomic E-state index is 0.101. The predicted molar refractivity (Wildman–Crippen MR) is 106 cm³/mol. The van der Waals surface area contributed by atoms with E-state index in [1.165, 1.54) is 0 Å². The highest BCUT2D eigenvalue weighted by Crippen LogP contribution is 2.40. The van der Waals surface area contributed by atoms with E-state index >= 15 is 0 Å². The van der Waals surface area contributed by atoms with Crippen molar-refractivity contribution in [2.45, 2.75) is 0 Å². The monoisotopic (exact) mass is 362 g/mol. The Balaban J connectivity index is 2.06. The molecule has 0 unspecified atom stereocenters. The highest BCUT2D eigenvalue weighted by molar-refractivity contribution is 5.89. The van der Waals surface area contributed by atoms with E-state index in [4.69, 9.17) is 14.2 Å². The molecule has 0 amide bonds. The van der Waals surface area contributed by atoms with E-state index < -0.39 is 0 Å². The number of carbonyl (C=O) groups excluding carboxylic acids is 1. The first-order valence-electron chi connectivity index (χ1n) is 8.77. The maximum Gasteiger partial charge on any atom is 0.189 e. The standard InChI is InChI=1S/C23H22O4/c1-25-12-13-26-17-27-23-21(19-8-4-2-5-9-19)14-18(16-24)15-22(23)20-10-6-3-7-11-20/h2-11,14-16H,12-13,17H2,1H3. The summed E-state index contributed by atoms with van der Waals surface area (Å²) >= 11 is 0. The van der Waals surface area contributed by atoms with Crippen molar-refractivity contribution in [3.8, 4) is 28.0 Å². The van der Waals surface area contributed by atoms with Crippen LogP contribution in [0.4, 0.5) is 0 Å². The van der Waals surface area contributed by atoms with Gasteiger partial charge in [0.05, 0.1) is 13.2 Å². The van der Waals surface area contributed by atoms with Gasteiger partial charge in [-0.3, -0.25) is 4.79 Å². The van der Waals surface area contributed by atoms with Crippen LogP contribution in [0, 0.1) is 0 Å². The molecule has 0 saturated carbocycles. The second kappa shape index (κ2) is 9.67. The highest BCUT2D eigenvalue weighted by Gasteiger charge is 2.16. The van der Waals surface area contributed by atoms with Crippen LogP contribution in [0.25, 0.3) is 22.3 Å². The van der Waals surface area contributed by atoms with Gasteiger partial charge in [-0.1, -0.05) is 60.7 Å². The first-order valence-corrected chi connectivity index (χ1v) is 8.77. The van der Waals surface area contributed by atoms with Gasteiger partial charge in [0, 0.05) is 23.8 Å². The summed E-state index contributed by atoms with van der Waals surface area (Å²) < 4.78 is 16.5. The third kappa shape index (κ3) is 4.82. The lowest BCUT2D eigenvalue weighted by Crippen LogP contribution is -2.09. The minimum absolute atomic E-state index is 0.101. The van der Waals surface area contributed by atoms with E-state index in [0.717, 1.165) is 28.5 Å². The topological polar surface area (TPSA) is 44.8 Å². The molecule has 3 aromatic carbocycles. The van der Waals surface area contributed by atoms with E-state index in [1.54, 1.807) is 7.11 Å². The van der Waals surface area contributed by atoms with Crippen LogP contribution in [0.5, 0.6) is 5.75 Å². The van der Waals surface area contributed by atoms with Gasteiger partial charge < -0.3 is 14.2 Å². The quantitative estimate of drug-likeness (QED) is 0.311. The van der Waals surface area contributed by atoms with E-state index in [1.807, 2.05) is 72.8 Å². The molecule has 0 aliphatic rings. The number of benzene rings is 3. The molecule has 0 N–H and O–H groups in total. The summed E-state index contributed by atoms with van der Waals surface area (Å²) in [6.07, 6.45) is 0.859. The van der Waals surface area contributed by atoms with Crippen LogP contribution in [-0.4, -0.2) is 33.4 Å². The smallest absolute Gasteiger partial charge is 0.189 e. The summed E-state index contributed by atoms with van der Waals surface area (Å²) in [5.74, 6) is 0.690. The van der Waals surface area contributed by atoms with Gasteiger partial charge in [0.2, 0.25) is 0 Å². The molecule has 0 atom stereocenters. The Hall–Kier alpha value is -2.95. The number of carbonyl (C=O) groups is 1. The zero-order valence-corrected chi connectivity index (χ0v) is 15.3. The molecule has 4 nitrogen and oxygen atoms in total. The number of hydrogen-bond donors (Lipinski definition) is 0. The zero-order valence-electron chi connectivity index (χ0n) is 15.3.